The van der Waals surface area contributed by atoms with Crippen LogP contribution in [0, 0.1) is 0 Å². The molecule has 4 rings (SSSR count). The molecule has 0 saturated carbocycles. The van der Waals surface area contributed by atoms with Crippen LogP contribution in [-0.2, 0) is 19.8 Å². The Hall–Kier alpha value is -4.14. The second-order valence-corrected chi connectivity index (χ2v) is 8.40. The van der Waals surface area contributed by atoms with Crippen molar-refractivity contribution < 1.29 is 18.0 Å². The van der Waals surface area contributed by atoms with Crippen LogP contribution in [0.15, 0.2) is 83.7 Å². The zero-order chi connectivity index (χ0) is 25.9. The van der Waals surface area contributed by atoms with E-state index in [0.29, 0.717) is 23.1 Å². The summed E-state index contributed by atoms with van der Waals surface area (Å²) in [6, 6.07) is 19.4. The van der Waals surface area contributed by atoms with E-state index in [2.05, 4.69) is 5.32 Å². The van der Waals surface area contributed by atoms with Gasteiger partial charge in [0.05, 0.1) is 22.5 Å². The van der Waals surface area contributed by atoms with Gasteiger partial charge in [0.25, 0.3) is 5.56 Å². The van der Waals surface area contributed by atoms with Gasteiger partial charge < -0.3 is 10.2 Å². The molecule has 0 aliphatic rings. The van der Waals surface area contributed by atoms with Crippen molar-refractivity contribution in [2.45, 2.75) is 32.1 Å². The average Bonchev–Trinajstić information content (AvgIpc) is 2.87. The van der Waals surface area contributed by atoms with E-state index >= 15 is 0 Å². The van der Waals surface area contributed by atoms with Crippen molar-refractivity contribution in [2.75, 3.05) is 5.32 Å². The molecule has 2 amide bonds. The van der Waals surface area contributed by atoms with Crippen LogP contribution in [0.5, 0.6) is 0 Å². The molecule has 186 valence electrons. The lowest BCUT2D eigenvalue weighted by Gasteiger charge is -2.32. The topological polar surface area (TPSA) is 67.2 Å². The van der Waals surface area contributed by atoms with Crippen molar-refractivity contribution in [3.8, 4) is 0 Å². The smallest absolute Gasteiger partial charge is 0.310 e. The molecule has 0 saturated heterocycles. The molecule has 1 heterocycles. The molecule has 0 bridgehead atoms. The van der Waals surface area contributed by atoms with Crippen LogP contribution < -0.4 is 10.9 Å². The van der Waals surface area contributed by atoms with Crippen molar-refractivity contribution in [1.29, 1.82) is 0 Å². The van der Waals surface area contributed by atoms with Crippen molar-refractivity contribution in [1.82, 2.24) is 14.5 Å². The van der Waals surface area contributed by atoms with E-state index in [-0.39, 0.29) is 17.8 Å². The lowest BCUT2D eigenvalue weighted by atomic mass is 10.1. The molecule has 1 N–H and O–H groups in total. The molecule has 0 radical (unpaired) electrons. The number of amides is 2. The number of aromatic nitrogens is 2. The summed E-state index contributed by atoms with van der Waals surface area (Å²) in [5.41, 5.74) is 0.239. The molecule has 0 spiro atoms. The lowest BCUT2D eigenvalue weighted by molar-refractivity contribution is -0.137. The first kappa shape index (κ1) is 25.0. The number of benzene rings is 3. The number of hydrogen-bond acceptors (Lipinski definition) is 3. The zero-order valence-corrected chi connectivity index (χ0v) is 19.8. The SMILES string of the molecule is CCC(c1nc2ccccc2c(=O)n1C)N(Cc1ccccc1)C(=O)Nc1cccc(C(F)(F)F)c1. The minimum Gasteiger partial charge on any atom is -0.310 e. The van der Waals surface area contributed by atoms with Gasteiger partial charge in [0.2, 0.25) is 0 Å². The molecule has 36 heavy (non-hydrogen) atoms. The van der Waals surface area contributed by atoms with Crippen molar-refractivity contribution in [2.24, 2.45) is 7.05 Å². The normalized spacial score (nSPS) is 12.4. The molecule has 0 aliphatic carbocycles. The van der Waals surface area contributed by atoms with Gasteiger partial charge in [-0.2, -0.15) is 13.2 Å². The van der Waals surface area contributed by atoms with Gasteiger partial charge in [-0.15, -0.1) is 0 Å². The zero-order valence-electron chi connectivity index (χ0n) is 19.8. The lowest BCUT2D eigenvalue weighted by Crippen LogP contribution is -2.40. The van der Waals surface area contributed by atoms with Crippen molar-refractivity contribution in [3.63, 3.8) is 0 Å². The quantitative estimate of drug-likeness (QED) is 0.350. The Labute approximate surface area is 206 Å². The van der Waals surface area contributed by atoms with Gasteiger partial charge in [0.1, 0.15) is 5.82 Å². The van der Waals surface area contributed by atoms with E-state index in [9.17, 15) is 22.8 Å². The summed E-state index contributed by atoms with van der Waals surface area (Å²) in [5, 5.41) is 3.06. The van der Waals surface area contributed by atoms with E-state index < -0.39 is 23.8 Å². The summed E-state index contributed by atoms with van der Waals surface area (Å²) in [4.78, 5) is 32.8. The second kappa shape index (κ2) is 10.2. The number of nitrogens with zero attached hydrogens (tertiary/aromatic N) is 3. The van der Waals surface area contributed by atoms with Crippen LogP contribution in [0.2, 0.25) is 0 Å². The maximum absolute atomic E-state index is 13.5. The number of nitrogens with one attached hydrogen (secondary N) is 1. The van der Waals surface area contributed by atoms with Gasteiger partial charge >= 0.3 is 12.2 Å². The first-order valence-corrected chi connectivity index (χ1v) is 11.4. The Morgan fingerprint density at radius 1 is 1.03 bits per heavy atom. The average molecular weight is 495 g/mol. The number of urea groups is 1. The van der Waals surface area contributed by atoms with Crippen molar-refractivity contribution >= 4 is 22.6 Å². The first-order chi connectivity index (χ1) is 17.2. The van der Waals surface area contributed by atoms with Crippen LogP contribution in [0.25, 0.3) is 10.9 Å². The third kappa shape index (κ3) is 5.25. The van der Waals surface area contributed by atoms with Crippen LogP contribution >= 0.6 is 0 Å². The number of halogens is 3. The number of anilines is 1. The van der Waals surface area contributed by atoms with Crippen LogP contribution in [0.1, 0.15) is 36.3 Å². The molecule has 3 aromatic carbocycles. The Morgan fingerprint density at radius 3 is 2.42 bits per heavy atom. The third-order valence-electron chi connectivity index (χ3n) is 5.98. The van der Waals surface area contributed by atoms with Gasteiger partial charge in [-0.1, -0.05) is 55.5 Å². The molecule has 1 unspecified atom stereocenters. The summed E-state index contributed by atoms with van der Waals surface area (Å²) < 4.78 is 41.0. The van der Waals surface area contributed by atoms with Gasteiger partial charge in [-0.25, -0.2) is 9.78 Å². The predicted octanol–water partition coefficient (Wildman–Crippen LogP) is 6.14. The summed E-state index contributed by atoms with van der Waals surface area (Å²) in [5.74, 6) is 0.385. The maximum atomic E-state index is 13.5. The van der Waals surface area contributed by atoms with Gasteiger partial charge in [-0.05, 0) is 42.3 Å². The number of para-hydroxylation sites is 1. The fourth-order valence-electron chi connectivity index (χ4n) is 4.15. The molecular weight excluding hydrogens is 469 g/mol. The Morgan fingerprint density at radius 2 is 1.72 bits per heavy atom. The largest absolute Gasteiger partial charge is 0.416 e. The Balaban J connectivity index is 1.76. The molecule has 0 fully saturated rings. The van der Waals surface area contributed by atoms with Crippen LogP contribution in [0.4, 0.5) is 23.7 Å². The van der Waals surface area contributed by atoms with E-state index in [1.54, 1.807) is 31.3 Å². The Bertz CT molecular complexity index is 1430. The minimum absolute atomic E-state index is 0.0168. The Kier molecular flexibility index (Phi) is 7.10. The number of carbonyl (C=O) groups excluding carboxylic acids is 1. The highest BCUT2D eigenvalue weighted by atomic mass is 19.4. The number of alkyl halides is 3. The fourth-order valence-corrected chi connectivity index (χ4v) is 4.15. The second-order valence-electron chi connectivity index (χ2n) is 8.40. The molecular formula is C27H25F3N4O2. The highest BCUT2D eigenvalue weighted by Crippen LogP contribution is 2.31. The van der Waals surface area contributed by atoms with Crippen LogP contribution in [0.3, 0.4) is 0 Å². The minimum atomic E-state index is -4.54. The van der Waals surface area contributed by atoms with E-state index in [1.807, 2.05) is 37.3 Å². The van der Waals surface area contributed by atoms with Gasteiger partial charge in [0.15, 0.2) is 0 Å². The number of fused-ring (bicyclic) bond motifs is 1. The standard InChI is InChI=1S/C27H25F3N4O2/c1-3-23(24-32-22-15-8-7-14-21(22)25(35)33(24)2)34(17-18-10-5-4-6-11-18)26(36)31-20-13-9-12-19(16-20)27(28,29)30/h4-16,23H,3,17H2,1-2H3,(H,31,36). The monoisotopic (exact) mass is 494 g/mol. The van der Waals surface area contributed by atoms with E-state index in [0.717, 1.165) is 17.7 Å². The molecule has 0 aliphatic heterocycles. The fraction of sp³-hybridized carbons (Fsp3) is 0.222. The van der Waals surface area contributed by atoms with E-state index in [1.165, 1.54) is 21.6 Å². The van der Waals surface area contributed by atoms with Gasteiger partial charge in [-0.3, -0.25) is 9.36 Å². The highest BCUT2D eigenvalue weighted by molar-refractivity contribution is 5.89. The van der Waals surface area contributed by atoms with E-state index in [4.69, 9.17) is 4.98 Å². The summed E-state index contributed by atoms with van der Waals surface area (Å²) in [6.45, 7) is 2.02. The molecule has 1 atom stereocenters. The molecule has 1 aromatic heterocycles. The number of rotatable bonds is 6. The first-order valence-electron chi connectivity index (χ1n) is 11.4. The summed E-state index contributed by atoms with van der Waals surface area (Å²) in [6.07, 6.45) is -4.12. The van der Waals surface area contributed by atoms with Gasteiger partial charge in [0, 0.05) is 19.3 Å². The molecule has 6 nitrogen and oxygen atoms in total. The van der Waals surface area contributed by atoms with Crippen LogP contribution in [-0.4, -0.2) is 20.5 Å². The maximum Gasteiger partial charge on any atom is 0.416 e. The van der Waals surface area contributed by atoms with Crippen molar-refractivity contribution in [3.05, 3.63) is 106 Å². The number of carbonyl (C=O) groups is 1. The predicted molar refractivity (Wildman–Crippen MR) is 132 cm³/mol. The summed E-state index contributed by atoms with van der Waals surface area (Å²) in [7, 11) is 1.60. The molecule has 4 aromatic rings. The number of hydrogen-bond donors (Lipinski definition) is 1. The molecule has 9 heteroatoms. The summed E-state index contributed by atoms with van der Waals surface area (Å²) >= 11 is 0. The highest BCUT2D eigenvalue weighted by Gasteiger charge is 2.31. The third-order valence-corrected chi connectivity index (χ3v) is 5.98.